The average molecular weight is 615 g/mol. The van der Waals surface area contributed by atoms with E-state index in [1.807, 2.05) is 18.2 Å². The maximum absolute atomic E-state index is 13.8. The number of methoxy groups -OCH3 is 3. The number of hydrogen-bond acceptors (Lipinski definition) is 9. The minimum Gasteiger partial charge on any atom is -0.497 e. The predicted molar refractivity (Wildman–Crippen MR) is 162 cm³/mol. The van der Waals surface area contributed by atoms with Crippen molar-refractivity contribution in [3.05, 3.63) is 48.0 Å². The largest absolute Gasteiger partial charge is 0.497 e. The van der Waals surface area contributed by atoms with Crippen LogP contribution in [-0.4, -0.2) is 102 Å². The normalized spacial score (nSPS) is 11.7. The van der Waals surface area contributed by atoms with Crippen molar-refractivity contribution in [2.75, 3.05) is 78.7 Å². The number of amides is 1. The van der Waals surface area contributed by atoms with Gasteiger partial charge in [-0.05, 0) is 55.6 Å². The molecule has 0 spiro atoms. The number of ether oxygens (including phenoxy) is 3. The summed E-state index contributed by atoms with van der Waals surface area (Å²) in [4.78, 5) is 22.5. The van der Waals surface area contributed by atoms with Crippen molar-refractivity contribution in [1.82, 2.24) is 14.2 Å². The van der Waals surface area contributed by atoms with Crippen LogP contribution in [0.15, 0.2) is 47.4 Å². The Hall–Kier alpha value is -2.32. The van der Waals surface area contributed by atoms with Crippen molar-refractivity contribution < 1.29 is 27.4 Å². The molecule has 10 nitrogen and oxygen atoms in total. The van der Waals surface area contributed by atoms with Crippen molar-refractivity contribution in [3.63, 3.8) is 0 Å². The van der Waals surface area contributed by atoms with E-state index in [0.717, 1.165) is 29.1 Å². The summed E-state index contributed by atoms with van der Waals surface area (Å²) in [5, 5.41) is 0.581. The zero-order valence-electron chi connectivity index (χ0n) is 23.7. The van der Waals surface area contributed by atoms with Crippen molar-refractivity contribution in [2.45, 2.75) is 18.7 Å². The number of halogens is 1. The Kier molecular flexibility index (Phi) is 13.7. The zero-order valence-corrected chi connectivity index (χ0v) is 26.1. The van der Waals surface area contributed by atoms with Crippen LogP contribution in [0.3, 0.4) is 0 Å². The second-order valence-electron chi connectivity index (χ2n) is 8.73. The lowest BCUT2D eigenvalue weighted by atomic mass is 10.2. The fourth-order valence-corrected chi connectivity index (χ4v) is 6.44. The highest BCUT2D eigenvalue weighted by molar-refractivity contribution is 7.89. The standard InChI is InChI=1S/C27H38N4O6S2.ClH/c1-6-29(7-2)14-15-31(27-28-24-13-10-22(37-5)20-25(24)38-27)26(32)21-8-11-23(12-9-21)39(33,34)30(16-18-35-3)17-19-36-4;/h8-13,20H,6-7,14-19H2,1-5H3;1H. The molecular weight excluding hydrogens is 576 g/mol. The summed E-state index contributed by atoms with van der Waals surface area (Å²) in [6.07, 6.45) is 0. The maximum atomic E-state index is 13.8. The fourth-order valence-electron chi connectivity index (χ4n) is 4.01. The highest BCUT2D eigenvalue weighted by Gasteiger charge is 2.26. The second kappa shape index (κ2) is 16.2. The van der Waals surface area contributed by atoms with Gasteiger partial charge in [-0.1, -0.05) is 25.2 Å². The number of fused-ring (bicyclic) bond motifs is 1. The molecule has 0 aliphatic carbocycles. The first-order valence-corrected chi connectivity index (χ1v) is 15.1. The number of benzene rings is 2. The Morgan fingerprint density at radius 1 is 0.900 bits per heavy atom. The number of likely N-dealkylation sites (N-methyl/N-ethyl adjacent to an activating group) is 1. The summed E-state index contributed by atoms with van der Waals surface area (Å²) in [5.41, 5.74) is 1.16. The van der Waals surface area contributed by atoms with E-state index in [9.17, 15) is 13.2 Å². The van der Waals surface area contributed by atoms with Gasteiger partial charge in [0, 0.05) is 46.0 Å². The average Bonchev–Trinajstić information content (AvgIpc) is 3.38. The SMILES string of the molecule is CCN(CC)CCN(C(=O)c1ccc(S(=O)(=O)N(CCOC)CCOC)cc1)c1nc2ccc(OC)cc2s1.Cl. The Morgan fingerprint density at radius 2 is 1.52 bits per heavy atom. The van der Waals surface area contributed by atoms with Gasteiger partial charge in [0.05, 0.1) is 35.4 Å². The minimum atomic E-state index is -3.79. The molecule has 0 N–H and O–H groups in total. The van der Waals surface area contributed by atoms with E-state index >= 15 is 0 Å². The third kappa shape index (κ3) is 8.35. The van der Waals surface area contributed by atoms with E-state index in [-0.39, 0.29) is 49.5 Å². The number of hydrogen-bond donors (Lipinski definition) is 0. The number of anilines is 1. The van der Waals surface area contributed by atoms with Crippen LogP contribution in [0.1, 0.15) is 24.2 Å². The number of nitrogens with zero attached hydrogens (tertiary/aromatic N) is 4. The van der Waals surface area contributed by atoms with Crippen molar-refractivity contribution in [2.24, 2.45) is 0 Å². The van der Waals surface area contributed by atoms with Crippen molar-refractivity contribution in [1.29, 1.82) is 0 Å². The van der Waals surface area contributed by atoms with E-state index < -0.39 is 10.0 Å². The molecule has 0 bridgehead atoms. The number of carbonyl (C=O) groups excluding carboxylic acids is 1. The molecule has 40 heavy (non-hydrogen) atoms. The first kappa shape index (κ1) is 33.9. The highest BCUT2D eigenvalue weighted by atomic mass is 35.5. The molecular formula is C27H39ClN4O6S2. The molecule has 0 radical (unpaired) electrons. The quantitative estimate of drug-likeness (QED) is 0.239. The van der Waals surface area contributed by atoms with E-state index in [2.05, 4.69) is 18.7 Å². The van der Waals surface area contributed by atoms with Crippen molar-refractivity contribution in [3.8, 4) is 5.75 Å². The molecule has 222 valence electrons. The summed E-state index contributed by atoms with van der Waals surface area (Å²) in [6, 6.07) is 11.7. The summed E-state index contributed by atoms with van der Waals surface area (Å²) >= 11 is 1.42. The number of thiazole rings is 1. The van der Waals surface area contributed by atoms with Gasteiger partial charge >= 0.3 is 0 Å². The summed E-state index contributed by atoms with van der Waals surface area (Å²) in [7, 11) is 0.866. The van der Waals surface area contributed by atoms with Gasteiger partial charge in [-0.2, -0.15) is 4.31 Å². The maximum Gasteiger partial charge on any atom is 0.260 e. The summed E-state index contributed by atoms with van der Waals surface area (Å²) < 4.78 is 44.3. The molecule has 0 aliphatic rings. The predicted octanol–water partition coefficient (Wildman–Crippen LogP) is 4.00. The Balaban J connectivity index is 0.00000560. The van der Waals surface area contributed by atoms with Gasteiger partial charge in [0.25, 0.3) is 5.91 Å². The van der Waals surface area contributed by atoms with Gasteiger partial charge in [0.15, 0.2) is 5.13 Å². The lowest BCUT2D eigenvalue weighted by molar-refractivity contribution is 0.0983. The van der Waals surface area contributed by atoms with Crippen LogP contribution < -0.4 is 9.64 Å². The van der Waals surface area contributed by atoms with Crippen molar-refractivity contribution >= 4 is 55.0 Å². The molecule has 0 fully saturated rings. The van der Waals surface area contributed by atoms with E-state index in [4.69, 9.17) is 19.2 Å². The number of aromatic nitrogens is 1. The molecule has 1 aromatic heterocycles. The van der Waals surface area contributed by atoms with Crippen LogP contribution in [0.4, 0.5) is 5.13 Å². The Labute approximate surface area is 247 Å². The lowest BCUT2D eigenvalue weighted by Crippen LogP contribution is -2.39. The number of rotatable bonds is 16. The van der Waals surface area contributed by atoms with Gasteiger partial charge in [-0.3, -0.25) is 9.69 Å². The topological polar surface area (TPSA) is 102 Å². The van der Waals surface area contributed by atoms with E-state index in [1.54, 1.807) is 24.1 Å². The Morgan fingerprint density at radius 3 is 2.08 bits per heavy atom. The molecule has 0 saturated carbocycles. The number of sulfonamides is 1. The second-order valence-corrected chi connectivity index (χ2v) is 11.7. The molecule has 1 amide bonds. The third-order valence-corrected chi connectivity index (χ3v) is 9.38. The molecule has 3 aromatic rings. The molecule has 0 aliphatic heterocycles. The van der Waals surface area contributed by atoms with Crippen LogP contribution in [-0.2, 0) is 19.5 Å². The summed E-state index contributed by atoms with van der Waals surface area (Å²) in [6.45, 7) is 7.94. The molecule has 2 aromatic carbocycles. The third-order valence-electron chi connectivity index (χ3n) is 6.42. The summed E-state index contributed by atoms with van der Waals surface area (Å²) in [5.74, 6) is 0.480. The van der Waals surface area contributed by atoms with Crippen LogP contribution >= 0.6 is 23.7 Å². The molecule has 13 heteroatoms. The molecule has 0 unspecified atom stereocenters. The van der Waals surface area contributed by atoms with E-state index in [1.165, 1.54) is 42.0 Å². The van der Waals surface area contributed by atoms with Crippen LogP contribution in [0.25, 0.3) is 10.2 Å². The van der Waals surface area contributed by atoms with E-state index in [0.29, 0.717) is 23.8 Å². The van der Waals surface area contributed by atoms with Crippen LogP contribution in [0.2, 0.25) is 0 Å². The zero-order chi connectivity index (χ0) is 28.4. The molecule has 0 saturated heterocycles. The smallest absolute Gasteiger partial charge is 0.260 e. The van der Waals surface area contributed by atoms with Gasteiger partial charge in [-0.25, -0.2) is 13.4 Å². The molecule has 1 heterocycles. The van der Waals surface area contributed by atoms with Gasteiger partial charge in [-0.15, -0.1) is 12.4 Å². The highest BCUT2D eigenvalue weighted by Crippen LogP contribution is 2.32. The Bertz CT molecular complexity index is 1310. The first-order valence-electron chi connectivity index (χ1n) is 12.9. The molecule has 0 atom stereocenters. The monoisotopic (exact) mass is 614 g/mol. The van der Waals surface area contributed by atoms with Gasteiger partial charge < -0.3 is 19.1 Å². The first-order chi connectivity index (χ1) is 18.8. The number of carbonyl (C=O) groups is 1. The lowest BCUT2D eigenvalue weighted by Gasteiger charge is -2.25. The van der Waals surface area contributed by atoms with Crippen LogP contribution in [0.5, 0.6) is 5.75 Å². The fraction of sp³-hybridized carbons (Fsp3) is 0.481. The van der Waals surface area contributed by atoms with Gasteiger partial charge in [0.2, 0.25) is 10.0 Å². The van der Waals surface area contributed by atoms with Crippen LogP contribution in [0, 0.1) is 0 Å². The minimum absolute atomic E-state index is 0. The van der Waals surface area contributed by atoms with Gasteiger partial charge in [0.1, 0.15) is 5.75 Å². The molecule has 3 rings (SSSR count).